The molecule has 1 saturated carbocycles. The molecule has 0 aromatic heterocycles. The summed E-state index contributed by atoms with van der Waals surface area (Å²) in [6, 6.07) is 0. The molecule has 0 radical (unpaired) electrons. The summed E-state index contributed by atoms with van der Waals surface area (Å²) < 4.78 is 0. The Morgan fingerprint density at radius 2 is 1.81 bits per heavy atom. The molecule has 3 atom stereocenters. The molecular weight excluding hydrogens is 206 g/mol. The van der Waals surface area contributed by atoms with E-state index in [9.17, 15) is 9.59 Å². The highest BCUT2D eigenvalue weighted by Gasteiger charge is 2.72. The van der Waals surface area contributed by atoms with Crippen molar-refractivity contribution in [3.8, 4) is 0 Å². The molecule has 4 heteroatoms. The van der Waals surface area contributed by atoms with Crippen LogP contribution in [-0.2, 0) is 9.59 Å². The number of fused-ring (bicyclic) bond motifs is 1. The highest BCUT2D eigenvalue weighted by atomic mass is 16.3. The SMILES string of the molecule is CC(CCO)CN1C(=O)C2C(C1=O)C2(C)C. The van der Waals surface area contributed by atoms with Gasteiger partial charge in [0.25, 0.3) is 0 Å². The Kier molecular flexibility index (Phi) is 2.57. The quantitative estimate of drug-likeness (QED) is 0.714. The third-order valence-corrected chi connectivity index (χ3v) is 4.01. The van der Waals surface area contributed by atoms with Gasteiger partial charge >= 0.3 is 0 Å². The maximum atomic E-state index is 12.0. The number of hydrogen-bond donors (Lipinski definition) is 1. The molecule has 2 amide bonds. The predicted molar refractivity (Wildman–Crippen MR) is 58.3 cm³/mol. The topological polar surface area (TPSA) is 57.6 Å². The molecule has 2 fully saturated rings. The zero-order valence-electron chi connectivity index (χ0n) is 10.1. The van der Waals surface area contributed by atoms with Crippen LogP contribution in [0.4, 0.5) is 0 Å². The predicted octanol–water partition coefficient (Wildman–Crippen LogP) is 0.646. The zero-order chi connectivity index (χ0) is 12.1. The van der Waals surface area contributed by atoms with Gasteiger partial charge in [-0.15, -0.1) is 0 Å². The molecule has 2 rings (SSSR count). The van der Waals surface area contributed by atoms with Crippen LogP contribution in [0.1, 0.15) is 27.2 Å². The Morgan fingerprint density at radius 3 is 2.25 bits per heavy atom. The van der Waals surface area contributed by atoms with Crippen LogP contribution in [0, 0.1) is 23.2 Å². The summed E-state index contributed by atoms with van der Waals surface area (Å²) in [5.74, 6) is -0.00394. The van der Waals surface area contributed by atoms with Crippen LogP contribution in [0.3, 0.4) is 0 Å². The molecular formula is C12H19NO3. The van der Waals surface area contributed by atoms with Crippen molar-refractivity contribution in [2.75, 3.05) is 13.2 Å². The Labute approximate surface area is 95.6 Å². The largest absolute Gasteiger partial charge is 0.396 e. The van der Waals surface area contributed by atoms with Crippen LogP contribution >= 0.6 is 0 Å². The fourth-order valence-electron chi connectivity index (χ4n) is 2.81. The third-order valence-electron chi connectivity index (χ3n) is 4.01. The molecule has 1 N–H and O–H groups in total. The van der Waals surface area contributed by atoms with Gasteiger partial charge in [0.15, 0.2) is 0 Å². The molecule has 90 valence electrons. The van der Waals surface area contributed by atoms with Crippen molar-refractivity contribution in [3.63, 3.8) is 0 Å². The molecule has 1 heterocycles. The van der Waals surface area contributed by atoms with Gasteiger partial charge in [0.05, 0.1) is 11.8 Å². The monoisotopic (exact) mass is 225 g/mol. The molecule has 0 aromatic rings. The molecule has 0 aromatic carbocycles. The van der Waals surface area contributed by atoms with Crippen LogP contribution in [0.2, 0.25) is 0 Å². The van der Waals surface area contributed by atoms with Crippen molar-refractivity contribution < 1.29 is 14.7 Å². The zero-order valence-corrected chi connectivity index (χ0v) is 10.1. The molecule has 1 aliphatic carbocycles. The smallest absolute Gasteiger partial charge is 0.233 e. The fourth-order valence-corrected chi connectivity index (χ4v) is 2.81. The standard InChI is InChI=1S/C12H19NO3/c1-7(4-5-14)6-13-10(15)8-9(11(13)16)12(8,2)3/h7-9,14H,4-6H2,1-3H3. The van der Waals surface area contributed by atoms with Crippen LogP contribution in [0.5, 0.6) is 0 Å². The number of nitrogens with zero attached hydrogens (tertiary/aromatic N) is 1. The first-order valence-corrected chi connectivity index (χ1v) is 5.87. The number of carbonyl (C=O) groups is 2. The van der Waals surface area contributed by atoms with Crippen molar-refractivity contribution in [2.45, 2.75) is 27.2 Å². The summed E-state index contributed by atoms with van der Waals surface area (Å²) in [7, 11) is 0. The molecule has 0 spiro atoms. The van der Waals surface area contributed by atoms with Gasteiger partial charge in [-0.05, 0) is 17.8 Å². The van der Waals surface area contributed by atoms with E-state index in [1.165, 1.54) is 4.90 Å². The number of aliphatic hydroxyl groups excluding tert-OH is 1. The van der Waals surface area contributed by atoms with E-state index >= 15 is 0 Å². The average molecular weight is 225 g/mol. The molecule has 1 saturated heterocycles. The normalized spacial score (nSPS) is 32.9. The first kappa shape index (κ1) is 11.6. The van der Waals surface area contributed by atoms with E-state index in [-0.39, 0.29) is 41.6 Å². The lowest BCUT2D eigenvalue weighted by atomic mass is 10.0. The molecule has 0 bridgehead atoms. The second-order valence-corrected chi connectivity index (χ2v) is 5.68. The second-order valence-electron chi connectivity index (χ2n) is 5.68. The second kappa shape index (κ2) is 3.55. The van der Waals surface area contributed by atoms with Gasteiger partial charge < -0.3 is 5.11 Å². The molecule has 1 aliphatic heterocycles. The Morgan fingerprint density at radius 1 is 1.31 bits per heavy atom. The van der Waals surface area contributed by atoms with E-state index in [0.29, 0.717) is 13.0 Å². The van der Waals surface area contributed by atoms with E-state index in [1.54, 1.807) is 0 Å². The maximum absolute atomic E-state index is 12.0. The summed E-state index contributed by atoms with van der Waals surface area (Å²) in [6.45, 7) is 6.47. The minimum atomic E-state index is -0.120. The highest BCUT2D eigenvalue weighted by molar-refractivity contribution is 6.10. The lowest BCUT2D eigenvalue weighted by Crippen LogP contribution is -2.39. The third kappa shape index (κ3) is 1.47. The first-order chi connectivity index (χ1) is 7.41. The minimum Gasteiger partial charge on any atom is -0.396 e. The van der Waals surface area contributed by atoms with Crippen LogP contribution < -0.4 is 0 Å². The Bertz CT molecular complexity index is 313. The molecule has 2 aliphatic rings. The number of piperidine rings is 1. The number of amides is 2. The molecule has 16 heavy (non-hydrogen) atoms. The van der Waals surface area contributed by atoms with Gasteiger partial charge in [0, 0.05) is 13.2 Å². The van der Waals surface area contributed by atoms with Crippen LogP contribution in [0.25, 0.3) is 0 Å². The Hall–Kier alpha value is -0.900. The molecule has 4 nitrogen and oxygen atoms in total. The molecule has 3 unspecified atom stereocenters. The van der Waals surface area contributed by atoms with Crippen molar-refractivity contribution >= 4 is 11.8 Å². The van der Waals surface area contributed by atoms with Crippen molar-refractivity contribution in [1.29, 1.82) is 0 Å². The Balaban J connectivity index is 2.00. The number of imide groups is 1. The van der Waals surface area contributed by atoms with Crippen molar-refractivity contribution in [1.82, 2.24) is 4.90 Å². The number of hydrogen-bond acceptors (Lipinski definition) is 3. The summed E-state index contributed by atoms with van der Waals surface area (Å²) in [4.78, 5) is 25.3. The van der Waals surface area contributed by atoms with Crippen LogP contribution in [0.15, 0.2) is 0 Å². The van der Waals surface area contributed by atoms with Gasteiger partial charge in [-0.1, -0.05) is 20.8 Å². The lowest BCUT2D eigenvalue weighted by Gasteiger charge is -2.23. The van der Waals surface area contributed by atoms with E-state index < -0.39 is 0 Å². The van der Waals surface area contributed by atoms with Gasteiger partial charge in [0.1, 0.15) is 0 Å². The van der Waals surface area contributed by atoms with E-state index in [2.05, 4.69) is 0 Å². The van der Waals surface area contributed by atoms with E-state index in [0.717, 1.165) is 0 Å². The maximum Gasteiger partial charge on any atom is 0.233 e. The summed E-state index contributed by atoms with van der Waals surface area (Å²) >= 11 is 0. The summed E-state index contributed by atoms with van der Waals surface area (Å²) in [6.07, 6.45) is 0.635. The fraction of sp³-hybridized carbons (Fsp3) is 0.833. The van der Waals surface area contributed by atoms with Gasteiger partial charge in [-0.25, -0.2) is 0 Å². The number of likely N-dealkylation sites (tertiary alicyclic amines) is 1. The van der Waals surface area contributed by atoms with Gasteiger partial charge in [0.2, 0.25) is 11.8 Å². The van der Waals surface area contributed by atoms with Crippen molar-refractivity contribution in [3.05, 3.63) is 0 Å². The van der Waals surface area contributed by atoms with E-state index in [4.69, 9.17) is 5.11 Å². The van der Waals surface area contributed by atoms with Crippen molar-refractivity contribution in [2.24, 2.45) is 23.2 Å². The number of aliphatic hydroxyl groups is 1. The summed E-state index contributed by atoms with van der Waals surface area (Å²) in [5.41, 5.74) is -0.120. The van der Waals surface area contributed by atoms with Crippen LogP contribution in [-0.4, -0.2) is 35.0 Å². The number of rotatable bonds is 4. The van der Waals surface area contributed by atoms with E-state index in [1.807, 2.05) is 20.8 Å². The average Bonchev–Trinajstić information content (AvgIpc) is 2.66. The van der Waals surface area contributed by atoms with Gasteiger partial charge in [-0.2, -0.15) is 0 Å². The lowest BCUT2D eigenvalue weighted by molar-refractivity contribution is -0.143. The van der Waals surface area contributed by atoms with Gasteiger partial charge in [-0.3, -0.25) is 14.5 Å². The number of carbonyl (C=O) groups excluding carboxylic acids is 2. The highest BCUT2D eigenvalue weighted by Crippen LogP contribution is 2.63. The first-order valence-electron chi connectivity index (χ1n) is 5.87. The minimum absolute atomic E-state index is 0.00945. The summed E-state index contributed by atoms with van der Waals surface area (Å²) in [5, 5.41) is 8.80.